The number of pyridine rings is 1. The Hall–Kier alpha value is -8.94. The molecule has 2 aliphatic rings. The summed E-state index contributed by atoms with van der Waals surface area (Å²) in [5, 5.41) is 12.0. The van der Waals surface area contributed by atoms with Gasteiger partial charge in [0.25, 0.3) is 0 Å². The quantitative estimate of drug-likeness (QED) is 0.176. The summed E-state index contributed by atoms with van der Waals surface area (Å²) in [7, 11) is 0. The second-order valence-electron chi connectivity index (χ2n) is 19.2. The van der Waals surface area contributed by atoms with E-state index in [1.807, 2.05) is 38.2 Å². The van der Waals surface area contributed by atoms with Crippen molar-refractivity contribution in [2.75, 3.05) is 0 Å². The third-order valence-electron chi connectivity index (χ3n) is 15.0. The number of hydrogen-bond acceptors (Lipinski definition) is 3. The normalized spacial score (nSPS) is 12.2. The lowest BCUT2D eigenvalue weighted by atomic mass is 9.78. The van der Waals surface area contributed by atoms with Crippen LogP contribution in [-0.4, -0.2) is 4.98 Å². The molecule has 0 spiro atoms. The molecule has 0 atom stereocenters. The standard InChI is InChI=1S/C69H44N2S/c1-41(2)67-46(22-11-23-47(67)44-29-33-58-60-26-13-35-71-68(60)59-21-10-9-17-52(59)51-16-5-8-20-55(51)64(58)38-44)43-28-31-56-57-32-30-45(48-24-12-25-61-65-36-42(40-70)27-34-66(65)72-69(48)61)39-63(57)54-19-7-4-15-50(54)49-14-3-6-18-53(49)62(56)37-43/h3-39,41H,1-2H3/i41D. The molecule has 2 aliphatic carbocycles. The van der Waals surface area contributed by atoms with Crippen LogP contribution in [0, 0.1) is 11.3 Å². The van der Waals surface area contributed by atoms with Gasteiger partial charge in [0, 0.05) is 38.9 Å². The summed E-state index contributed by atoms with van der Waals surface area (Å²) in [6.07, 6.45) is 1.89. The zero-order valence-electron chi connectivity index (χ0n) is 40.7. The lowest BCUT2D eigenvalue weighted by Crippen LogP contribution is -2.01. The van der Waals surface area contributed by atoms with Crippen LogP contribution in [0.2, 0.25) is 0 Å². The minimum atomic E-state index is -0.955. The maximum absolute atomic E-state index is 9.92. The lowest BCUT2D eigenvalue weighted by molar-refractivity contribution is 0.871. The molecule has 0 amide bonds. The Morgan fingerprint density at radius 1 is 0.389 bits per heavy atom. The predicted octanol–water partition coefficient (Wildman–Crippen LogP) is 19.4. The van der Waals surface area contributed by atoms with Gasteiger partial charge in [-0.2, -0.15) is 5.26 Å². The van der Waals surface area contributed by atoms with Crippen LogP contribution in [0.1, 0.15) is 32.2 Å². The van der Waals surface area contributed by atoms with Gasteiger partial charge in [-0.15, -0.1) is 11.3 Å². The number of benzene rings is 10. The second-order valence-corrected chi connectivity index (χ2v) is 20.3. The van der Waals surface area contributed by atoms with Crippen molar-refractivity contribution in [3.63, 3.8) is 0 Å². The molecule has 0 fully saturated rings. The van der Waals surface area contributed by atoms with Gasteiger partial charge >= 0.3 is 0 Å². The first-order chi connectivity index (χ1) is 35.8. The van der Waals surface area contributed by atoms with E-state index in [0.717, 1.165) is 83.4 Å². The monoisotopic (exact) mass is 933 g/mol. The van der Waals surface area contributed by atoms with E-state index in [1.165, 1.54) is 64.9 Å². The van der Waals surface area contributed by atoms with Crippen molar-refractivity contribution in [3.8, 4) is 129 Å². The highest BCUT2D eigenvalue weighted by Crippen LogP contribution is 2.52. The molecule has 2 nitrogen and oxygen atoms in total. The molecule has 336 valence electrons. The number of aromatic nitrogens is 1. The first-order valence-corrected chi connectivity index (χ1v) is 25.4. The summed E-state index contributed by atoms with van der Waals surface area (Å²) in [5.74, 6) is -0.955. The average Bonchev–Trinajstić information content (AvgIpc) is 3.82. The van der Waals surface area contributed by atoms with E-state index in [-0.39, 0.29) is 0 Å². The summed E-state index contributed by atoms with van der Waals surface area (Å²) in [6.45, 7) is 4.04. The van der Waals surface area contributed by atoms with Gasteiger partial charge in [0.2, 0.25) is 0 Å². The van der Waals surface area contributed by atoms with E-state index in [9.17, 15) is 6.63 Å². The minimum absolute atomic E-state index is 0.674. The molecule has 10 aromatic carbocycles. The fourth-order valence-electron chi connectivity index (χ4n) is 11.8. The molecule has 0 aliphatic heterocycles. The van der Waals surface area contributed by atoms with Gasteiger partial charge in [0.05, 0.1) is 17.3 Å². The molecule has 3 heteroatoms. The molecule has 14 rings (SSSR count). The van der Waals surface area contributed by atoms with Crippen LogP contribution in [0.4, 0.5) is 0 Å². The third-order valence-corrected chi connectivity index (χ3v) is 16.2. The zero-order chi connectivity index (χ0) is 49.0. The Kier molecular flexibility index (Phi) is 9.43. The SMILES string of the molecule is [2H]C(C)(C)c1c(-c2ccc3c(c2)-c2ccccc2-c2ccccc2-c2cc(-c4cccc5c4sc4ccc(C#N)cc45)ccc2-3)cccc1-c1ccc2c(c1)-c1ccccc1-c1ccccc1-c1ncccc1-2. The Morgan fingerprint density at radius 2 is 0.806 bits per heavy atom. The molecule has 12 aromatic rings. The van der Waals surface area contributed by atoms with Crippen LogP contribution >= 0.6 is 11.3 Å². The smallest absolute Gasteiger partial charge is 0.0991 e. The first kappa shape index (κ1) is 40.9. The van der Waals surface area contributed by atoms with E-state index in [4.69, 9.17) is 4.98 Å². The second kappa shape index (κ2) is 16.6. The van der Waals surface area contributed by atoms with E-state index in [1.54, 1.807) is 11.3 Å². The van der Waals surface area contributed by atoms with Crippen molar-refractivity contribution in [2.45, 2.75) is 19.7 Å². The van der Waals surface area contributed by atoms with Gasteiger partial charge in [-0.3, -0.25) is 4.98 Å². The Morgan fingerprint density at radius 3 is 1.33 bits per heavy atom. The van der Waals surface area contributed by atoms with Gasteiger partial charge in [-0.25, -0.2) is 0 Å². The Labute approximate surface area is 424 Å². The van der Waals surface area contributed by atoms with Crippen LogP contribution in [-0.2, 0) is 0 Å². The Bertz CT molecular complexity index is 4330. The highest BCUT2D eigenvalue weighted by Gasteiger charge is 2.27. The maximum atomic E-state index is 9.92. The number of hydrogen-bond donors (Lipinski definition) is 0. The molecule has 0 radical (unpaired) electrons. The maximum Gasteiger partial charge on any atom is 0.0991 e. The van der Waals surface area contributed by atoms with Crippen molar-refractivity contribution in [1.29, 1.82) is 5.26 Å². The Balaban J connectivity index is 0.954. The fourth-order valence-corrected chi connectivity index (χ4v) is 13.0. The highest BCUT2D eigenvalue weighted by atomic mass is 32.1. The van der Waals surface area contributed by atoms with Crippen LogP contribution in [0.5, 0.6) is 0 Å². The van der Waals surface area contributed by atoms with E-state index < -0.39 is 5.89 Å². The average molecular weight is 934 g/mol. The number of nitriles is 1. The zero-order valence-corrected chi connectivity index (χ0v) is 40.5. The third kappa shape index (κ3) is 6.50. The number of nitrogens with zero attached hydrogens (tertiary/aromatic N) is 2. The summed E-state index contributed by atoms with van der Waals surface area (Å²) >= 11 is 1.79. The first-order valence-electron chi connectivity index (χ1n) is 25.1. The number of fused-ring (bicyclic) bond motifs is 19. The summed E-state index contributed by atoms with van der Waals surface area (Å²) in [6, 6.07) is 81.5. The van der Waals surface area contributed by atoms with Gasteiger partial charge in [0.1, 0.15) is 0 Å². The minimum Gasteiger partial charge on any atom is -0.256 e. The van der Waals surface area contributed by atoms with Crippen LogP contribution in [0.25, 0.3) is 143 Å². The molecular weight excluding hydrogens is 889 g/mol. The molecule has 72 heavy (non-hydrogen) atoms. The van der Waals surface area contributed by atoms with Crippen molar-refractivity contribution < 1.29 is 1.37 Å². The van der Waals surface area contributed by atoms with E-state index in [0.29, 0.717) is 5.56 Å². The summed E-state index contributed by atoms with van der Waals surface area (Å²) < 4.78 is 12.3. The molecule has 2 heterocycles. The van der Waals surface area contributed by atoms with Crippen molar-refractivity contribution in [1.82, 2.24) is 4.98 Å². The van der Waals surface area contributed by atoms with E-state index >= 15 is 0 Å². The number of rotatable bonds is 4. The molecule has 0 bridgehead atoms. The fraction of sp³-hybridized carbons (Fsp3) is 0.0435. The van der Waals surface area contributed by atoms with Gasteiger partial charge < -0.3 is 0 Å². The van der Waals surface area contributed by atoms with Crippen molar-refractivity contribution in [2.24, 2.45) is 0 Å². The van der Waals surface area contributed by atoms with E-state index in [2.05, 4.69) is 206 Å². The van der Waals surface area contributed by atoms with Gasteiger partial charge in [-0.1, -0.05) is 190 Å². The summed E-state index contributed by atoms with van der Waals surface area (Å²) in [5.41, 5.74) is 26.6. The van der Waals surface area contributed by atoms with Crippen molar-refractivity contribution in [3.05, 3.63) is 236 Å². The van der Waals surface area contributed by atoms with Gasteiger partial charge in [-0.05, 0) is 160 Å². The molecule has 0 N–H and O–H groups in total. The predicted molar refractivity (Wildman–Crippen MR) is 303 cm³/mol. The molecule has 0 saturated carbocycles. The molecular formula is C69H44N2S. The van der Waals surface area contributed by atoms with Gasteiger partial charge in [0.15, 0.2) is 0 Å². The van der Waals surface area contributed by atoms with Crippen molar-refractivity contribution >= 4 is 31.5 Å². The highest BCUT2D eigenvalue weighted by molar-refractivity contribution is 7.26. The van der Waals surface area contributed by atoms with Crippen LogP contribution in [0.3, 0.4) is 0 Å². The molecule has 0 unspecified atom stereocenters. The number of thiophene rings is 1. The largest absolute Gasteiger partial charge is 0.256 e. The topological polar surface area (TPSA) is 36.7 Å². The van der Waals surface area contributed by atoms with Crippen LogP contribution in [0.15, 0.2) is 225 Å². The summed E-state index contributed by atoms with van der Waals surface area (Å²) in [4.78, 5) is 4.99. The molecule has 2 aromatic heterocycles. The lowest BCUT2D eigenvalue weighted by Gasteiger charge is -2.25. The molecule has 0 saturated heterocycles. The van der Waals surface area contributed by atoms with Crippen LogP contribution < -0.4 is 0 Å².